The highest BCUT2D eigenvalue weighted by molar-refractivity contribution is 6.00. The van der Waals surface area contributed by atoms with E-state index in [9.17, 15) is 9.59 Å². The number of nitrogens with one attached hydrogen (secondary N) is 2. The Morgan fingerprint density at radius 2 is 2.00 bits per heavy atom. The van der Waals surface area contributed by atoms with Gasteiger partial charge >= 0.3 is 5.97 Å². The lowest BCUT2D eigenvalue weighted by Crippen LogP contribution is -2.46. The summed E-state index contributed by atoms with van der Waals surface area (Å²) in [5.41, 5.74) is 1.22. The number of carbonyl (C=O) groups is 2. The molecule has 6 nitrogen and oxygen atoms in total. The van der Waals surface area contributed by atoms with Crippen LogP contribution in [0.2, 0.25) is 0 Å². The van der Waals surface area contributed by atoms with Crippen LogP contribution in [0.3, 0.4) is 0 Å². The van der Waals surface area contributed by atoms with Gasteiger partial charge in [0.25, 0.3) is 5.91 Å². The molecule has 0 spiro atoms. The molecule has 0 fully saturated rings. The van der Waals surface area contributed by atoms with Gasteiger partial charge in [0, 0.05) is 0 Å². The van der Waals surface area contributed by atoms with Gasteiger partial charge in [0.1, 0.15) is 0 Å². The van der Waals surface area contributed by atoms with Crippen molar-refractivity contribution in [2.75, 3.05) is 7.05 Å². The van der Waals surface area contributed by atoms with Crippen LogP contribution < -0.4 is 10.8 Å². The highest BCUT2D eigenvalue weighted by Gasteiger charge is 2.22. The summed E-state index contributed by atoms with van der Waals surface area (Å²) in [6.45, 7) is 0. The molecule has 0 aromatic carbocycles. The first-order valence-corrected chi connectivity index (χ1v) is 2.47. The van der Waals surface area contributed by atoms with Crippen molar-refractivity contribution >= 4 is 11.9 Å². The molecule has 0 aromatic heterocycles. The van der Waals surface area contributed by atoms with Crippen molar-refractivity contribution < 1.29 is 19.9 Å². The van der Waals surface area contributed by atoms with Crippen LogP contribution in [0.5, 0.6) is 0 Å². The predicted octanol–water partition coefficient (Wildman–Crippen LogP) is -1.84. The second-order valence-corrected chi connectivity index (χ2v) is 1.54. The van der Waals surface area contributed by atoms with E-state index in [0.29, 0.717) is 0 Å². The lowest BCUT2D eigenvalue weighted by atomic mass is 10.3. The van der Waals surface area contributed by atoms with Crippen molar-refractivity contribution in [3.05, 3.63) is 0 Å². The van der Waals surface area contributed by atoms with Crippen molar-refractivity contribution in [2.24, 2.45) is 0 Å². The first-order valence-electron chi connectivity index (χ1n) is 2.47. The smallest absolute Gasteiger partial charge is 0.330 e. The average molecular weight is 148 g/mol. The van der Waals surface area contributed by atoms with Crippen LogP contribution in [0.1, 0.15) is 0 Å². The lowest BCUT2D eigenvalue weighted by molar-refractivity contribution is -0.146. The third-order valence-electron chi connectivity index (χ3n) is 0.908. The van der Waals surface area contributed by atoms with Crippen molar-refractivity contribution in [2.45, 2.75) is 6.04 Å². The van der Waals surface area contributed by atoms with E-state index in [0.717, 1.165) is 0 Å². The first-order chi connectivity index (χ1) is 4.63. The fraction of sp³-hybridized carbons (Fsp3) is 0.500. The molecule has 10 heavy (non-hydrogen) atoms. The van der Waals surface area contributed by atoms with E-state index in [1.807, 2.05) is 0 Å². The Hall–Kier alpha value is -1.14. The quantitative estimate of drug-likeness (QED) is 0.214. The maximum atomic E-state index is 10.4. The summed E-state index contributed by atoms with van der Waals surface area (Å²) in [6, 6.07) is -1.40. The lowest BCUT2D eigenvalue weighted by Gasteiger charge is -2.06. The van der Waals surface area contributed by atoms with Crippen LogP contribution in [-0.4, -0.2) is 35.3 Å². The van der Waals surface area contributed by atoms with E-state index in [1.54, 1.807) is 0 Å². The molecular weight excluding hydrogens is 140 g/mol. The van der Waals surface area contributed by atoms with Gasteiger partial charge in [-0.1, -0.05) is 0 Å². The maximum absolute atomic E-state index is 10.4. The Morgan fingerprint density at radius 1 is 1.50 bits per heavy atom. The van der Waals surface area contributed by atoms with Gasteiger partial charge in [-0.2, -0.15) is 0 Å². The minimum Gasteiger partial charge on any atom is -0.480 e. The van der Waals surface area contributed by atoms with Gasteiger partial charge in [-0.05, 0) is 7.05 Å². The molecule has 0 saturated heterocycles. The fourth-order valence-electron chi connectivity index (χ4n) is 0.431. The standard InChI is InChI=1S/C4H8N2O4/c1-5-2(4(8)9)3(7)6-10/h2,5,10H,1H3,(H,6,7)(H,8,9). The van der Waals surface area contributed by atoms with E-state index in [1.165, 1.54) is 12.5 Å². The Labute approximate surface area is 56.8 Å². The van der Waals surface area contributed by atoms with Gasteiger partial charge in [0.15, 0.2) is 6.04 Å². The van der Waals surface area contributed by atoms with Crippen LogP contribution in [-0.2, 0) is 9.59 Å². The summed E-state index contributed by atoms with van der Waals surface area (Å²) < 4.78 is 0. The zero-order chi connectivity index (χ0) is 8.15. The molecule has 0 radical (unpaired) electrons. The molecular formula is C4H8N2O4. The Bertz CT molecular complexity index is 146. The van der Waals surface area contributed by atoms with E-state index in [-0.39, 0.29) is 0 Å². The zero-order valence-corrected chi connectivity index (χ0v) is 5.29. The van der Waals surface area contributed by atoms with Gasteiger partial charge in [-0.25, -0.2) is 10.3 Å². The molecule has 0 bridgehead atoms. The highest BCUT2D eigenvalue weighted by Crippen LogP contribution is 1.80. The predicted molar refractivity (Wildman–Crippen MR) is 30.4 cm³/mol. The molecule has 4 N–H and O–H groups in total. The minimum atomic E-state index is -1.40. The second kappa shape index (κ2) is 3.80. The van der Waals surface area contributed by atoms with Crippen LogP contribution in [0.25, 0.3) is 0 Å². The molecule has 1 atom stereocenters. The first kappa shape index (κ1) is 8.86. The molecule has 1 amide bonds. The maximum Gasteiger partial charge on any atom is 0.330 e. The molecule has 0 aromatic rings. The zero-order valence-electron chi connectivity index (χ0n) is 5.29. The SMILES string of the molecule is CNC(C(=O)O)C(=O)NO. The fourth-order valence-corrected chi connectivity index (χ4v) is 0.431. The summed E-state index contributed by atoms with van der Waals surface area (Å²) in [4.78, 5) is 20.5. The number of aliphatic carboxylic acids is 1. The molecule has 0 aliphatic rings. The van der Waals surface area contributed by atoms with E-state index < -0.39 is 17.9 Å². The summed E-state index contributed by atoms with van der Waals surface area (Å²) >= 11 is 0. The van der Waals surface area contributed by atoms with Gasteiger partial charge in [0.05, 0.1) is 0 Å². The molecule has 1 unspecified atom stereocenters. The van der Waals surface area contributed by atoms with Gasteiger partial charge < -0.3 is 5.11 Å². The summed E-state index contributed by atoms with van der Waals surface area (Å²) in [5, 5.41) is 18.4. The Balaban J connectivity index is 4.06. The average Bonchev–Trinajstić information content (AvgIpc) is 1.88. The van der Waals surface area contributed by atoms with E-state index >= 15 is 0 Å². The van der Waals surface area contributed by atoms with E-state index in [4.69, 9.17) is 10.3 Å². The number of rotatable bonds is 3. The van der Waals surface area contributed by atoms with Crippen LogP contribution in [0.4, 0.5) is 0 Å². The third kappa shape index (κ3) is 2.00. The summed E-state index contributed by atoms with van der Waals surface area (Å²) in [6.07, 6.45) is 0. The number of likely N-dealkylation sites (N-methyl/N-ethyl adjacent to an activating group) is 1. The molecule has 0 saturated carbocycles. The topological polar surface area (TPSA) is 98.7 Å². The normalized spacial score (nSPS) is 12.2. The summed E-state index contributed by atoms with van der Waals surface area (Å²) in [5.74, 6) is -2.33. The second-order valence-electron chi connectivity index (χ2n) is 1.54. The Kier molecular flexibility index (Phi) is 3.37. The molecule has 58 valence electrons. The molecule has 0 aliphatic heterocycles. The molecule has 0 aliphatic carbocycles. The number of carboxylic acids is 1. The third-order valence-corrected chi connectivity index (χ3v) is 0.908. The Morgan fingerprint density at radius 3 is 2.10 bits per heavy atom. The van der Waals surface area contributed by atoms with Crippen molar-refractivity contribution in [1.29, 1.82) is 0 Å². The van der Waals surface area contributed by atoms with Crippen molar-refractivity contribution in [3.63, 3.8) is 0 Å². The number of amides is 1. The molecule has 0 heterocycles. The van der Waals surface area contributed by atoms with Crippen LogP contribution >= 0.6 is 0 Å². The number of hydrogen-bond acceptors (Lipinski definition) is 4. The highest BCUT2D eigenvalue weighted by atomic mass is 16.5. The van der Waals surface area contributed by atoms with Crippen LogP contribution in [0, 0.1) is 0 Å². The van der Waals surface area contributed by atoms with E-state index in [2.05, 4.69) is 5.32 Å². The van der Waals surface area contributed by atoms with Crippen molar-refractivity contribution in [1.82, 2.24) is 10.8 Å². The molecule has 0 rings (SSSR count). The molecule has 6 heteroatoms. The monoisotopic (exact) mass is 148 g/mol. The number of carbonyl (C=O) groups excluding carboxylic acids is 1. The minimum absolute atomic E-state index is 0.991. The van der Waals surface area contributed by atoms with Crippen LogP contribution in [0.15, 0.2) is 0 Å². The number of hydrogen-bond donors (Lipinski definition) is 4. The largest absolute Gasteiger partial charge is 0.480 e. The van der Waals surface area contributed by atoms with Crippen molar-refractivity contribution in [3.8, 4) is 0 Å². The summed E-state index contributed by atoms with van der Waals surface area (Å²) in [7, 11) is 1.30. The number of hydroxylamine groups is 1. The van der Waals surface area contributed by atoms with Gasteiger partial charge in [0.2, 0.25) is 0 Å². The van der Waals surface area contributed by atoms with Gasteiger partial charge in [-0.3, -0.25) is 15.3 Å². The van der Waals surface area contributed by atoms with Gasteiger partial charge in [-0.15, -0.1) is 0 Å². The number of carboxylic acid groups (broad SMARTS) is 1.